The van der Waals surface area contributed by atoms with E-state index in [1.807, 2.05) is 0 Å². The number of aliphatic hydroxyl groups is 1. The zero-order chi connectivity index (χ0) is 32.9. The van der Waals surface area contributed by atoms with Crippen molar-refractivity contribution in [2.75, 3.05) is 32.1 Å². The summed E-state index contributed by atoms with van der Waals surface area (Å²) in [6.07, 6.45) is -7.85. The van der Waals surface area contributed by atoms with Gasteiger partial charge in [0.2, 0.25) is 0 Å². The molecule has 1 atom stereocenters. The molecule has 22 heteroatoms. The maximum atomic E-state index is 13.7. The van der Waals surface area contributed by atoms with Crippen molar-refractivity contribution >= 4 is 16.2 Å². The maximum Gasteiger partial charge on any atom is 0.407 e. The van der Waals surface area contributed by atoms with Crippen LogP contribution in [-0.2, 0) is 24.3 Å². The highest BCUT2D eigenvalue weighted by atomic mass is 32.2. The molecule has 0 aromatic heterocycles. The third-order valence-corrected chi connectivity index (χ3v) is 5.82. The van der Waals surface area contributed by atoms with Crippen LogP contribution >= 0.6 is 0 Å². The van der Waals surface area contributed by atoms with Crippen molar-refractivity contribution < 1.29 is 89.8 Å². The van der Waals surface area contributed by atoms with Gasteiger partial charge in [0.05, 0.1) is 19.3 Å². The number of halogens is 12. The normalized spacial score (nSPS) is 15.5. The fourth-order valence-corrected chi connectivity index (χ4v) is 3.23. The number of rotatable bonds is 18. The van der Waals surface area contributed by atoms with E-state index in [1.54, 1.807) is 5.32 Å². The van der Waals surface area contributed by atoms with Crippen LogP contribution in [0.15, 0.2) is 0 Å². The summed E-state index contributed by atoms with van der Waals surface area (Å²) in [4.78, 5) is 11.7. The Bertz CT molecular complexity index is 926. The molecule has 0 aliphatic carbocycles. The van der Waals surface area contributed by atoms with Gasteiger partial charge < -0.3 is 24.6 Å². The number of nitrogens with one attached hydrogen (secondary N) is 1. The van der Waals surface area contributed by atoms with Crippen LogP contribution in [-0.4, -0.2) is 104 Å². The van der Waals surface area contributed by atoms with Crippen molar-refractivity contribution in [2.24, 2.45) is 0 Å². The Morgan fingerprint density at radius 3 is 1.46 bits per heavy atom. The quantitative estimate of drug-likeness (QED) is 0.113. The van der Waals surface area contributed by atoms with Crippen LogP contribution in [0.5, 0.6) is 0 Å². The van der Waals surface area contributed by atoms with Gasteiger partial charge in [-0.3, -0.25) is 4.55 Å². The highest BCUT2D eigenvalue weighted by Crippen LogP contribution is 2.48. The van der Waals surface area contributed by atoms with Gasteiger partial charge in [-0.25, -0.2) is 4.79 Å². The van der Waals surface area contributed by atoms with Gasteiger partial charge >= 0.3 is 41.6 Å². The Labute approximate surface area is 225 Å². The summed E-state index contributed by atoms with van der Waals surface area (Å²) >= 11 is 0. The number of ether oxygens (including phenoxy) is 3. The average molecular weight is 657 g/mol. The second kappa shape index (κ2) is 13.2. The molecule has 0 bridgehead atoms. The van der Waals surface area contributed by atoms with Gasteiger partial charge in [-0.2, -0.15) is 61.1 Å². The lowest BCUT2D eigenvalue weighted by Crippen LogP contribution is -2.54. The van der Waals surface area contributed by atoms with Crippen LogP contribution in [0.2, 0.25) is 0 Å². The molecule has 9 nitrogen and oxygen atoms in total. The fraction of sp³-hybridized carbons (Fsp3) is 0.947. The molecule has 0 aliphatic heterocycles. The van der Waals surface area contributed by atoms with E-state index < -0.39 is 122 Å². The number of hydrogen-bond acceptors (Lipinski definition) is 7. The van der Waals surface area contributed by atoms with Gasteiger partial charge in [0.25, 0.3) is 10.1 Å². The van der Waals surface area contributed by atoms with E-state index >= 15 is 0 Å². The van der Waals surface area contributed by atoms with Crippen LogP contribution in [0.4, 0.5) is 57.5 Å². The van der Waals surface area contributed by atoms with E-state index in [2.05, 4.69) is 14.2 Å². The summed E-state index contributed by atoms with van der Waals surface area (Å²) in [5.74, 6) is -37.2. The summed E-state index contributed by atoms with van der Waals surface area (Å²) < 4.78 is 204. The molecule has 0 radical (unpaired) electrons. The number of hydrogen-bond donors (Lipinski definition) is 3. The number of alkyl halides is 12. The molecule has 0 aromatic rings. The zero-order valence-corrected chi connectivity index (χ0v) is 22.1. The smallest absolute Gasteiger partial charge is 0.407 e. The highest BCUT2D eigenvalue weighted by Gasteiger charge is 2.69. The maximum absolute atomic E-state index is 13.7. The molecular formula is C19H27F12NO8S. The molecule has 0 saturated carbocycles. The third-order valence-electron chi connectivity index (χ3n) is 5.02. The van der Waals surface area contributed by atoms with Gasteiger partial charge in [0.1, 0.15) is 12.4 Å². The second-order valence-corrected chi connectivity index (χ2v) is 10.5. The molecule has 0 heterocycles. The predicted molar refractivity (Wildman–Crippen MR) is 112 cm³/mol. The fourth-order valence-electron chi connectivity index (χ4n) is 2.62. The van der Waals surface area contributed by atoms with Crippen molar-refractivity contribution in [1.29, 1.82) is 0 Å². The number of carbonyl (C=O) groups excluding carboxylic acids is 1. The molecule has 0 saturated heterocycles. The van der Waals surface area contributed by atoms with Crippen molar-refractivity contribution in [3.8, 4) is 0 Å². The molecule has 41 heavy (non-hydrogen) atoms. The summed E-state index contributed by atoms with van der Waals surface area (Å²) in [5, 5.41) is 11.1. The standard InChI is InChI=1S/C19H27F12NO8S/c1-13(10-38-12(34)32-8-11(33)9-41(35,36)37,39-6-4-16(24,25)18(28,29)14(2,20)21)40-7-5-17(26,27)19(30,31)15(3,22)23/h11,33H,4-10H2,1-3H3,(H,32,34)(H,35,36,37). The second-order valence-electron chi connectivity index (χ2n) is 9.02. The first-order valence-corrected chi connectivity index (χ1v) is 12.6. The Kier molecular flexibility index (Phi) is 12.7. The van der Waals surface area contributed by atoms with Crippen LogP contribution in [0, 0.1) is 0 Å². The van der Waals surface area contributed by atoms with Gasteiger partial charge in [0.15, 0.2) is 5.79 Å². The predicted octanol–water partition coefficient (Wildman–Crippen LogP) is 4.34. The molecule has 3 N–H and O–H groups in total. The van der Waals surface area contributed by atoms with Crippen LogP contribution in [0.3, 0.4) is 0 Å². The molecule has 0 spiro atoms. The molecular weight excluding hydrogens is 630 g/mol. The third kappa shape index (κ3) is 11.4. The number of carbonyl (C=O) groups is 1. The molecule has 0 fully saturated rings. The highest BCUT2D eigenvalue weighted by molar-refractivity contribution is 7.85. The molecule has 0 aliphatic rings. The lowest BCUT2D eigenvalue weighted by atomic mass is 10.0. The summed E-state index contributed by atoms with van der Waals surface area (Å²) in [5.41, 5.74) is 0. The van der Waals surface area contributed by atoms with E-state index in [-0.39, 0.29) is 0 Å². The van der Waals surface area contributed by atoms with Crippen LogP contribution in [0.25, 0.3) is 0 Å². The average Bonchev–Trinajstić information content (AvgIpc) is 2.73. The summed E-state index contributed by atoms with van der Waals surface area (Å²) in [7, 11) is -4.70. The Morgan fingerprint density at radius 2 is 1.15 bits per heavy atom. The van der Waals surface area contributed by atoms with Crippen LogP contribution in [0.1, 0.15) is 33.6 Å². The van der Waals surface area contributed by atoms with Crippen molar-refractivity contribution in [3.05, 3.63) is 0 Å². The van der Waals surface area contributed by atoms with Gasteiger partial charge in [-0.05, 0) is 6.92 Å². The van der Waals surface area contributed by atoms with Gasteiger partial charge in [-0.1, -0.05) is 0 Å². The van der Waals surface area contributed by atoms with E-state index in [0.717, 1.165) is 0 Å². The van der Waals surface area contributed by atoms with E-state index in [0.29, 0.717) is 6.92 Å². The van der Waals surface area contributed by atoms with Crippen molar-refractivity contribution in [3.63, 3.8) is 0 Å². The van der Waals surface area contributed by atoms with E-state index in [4.69, 9.17) is 4.55 Å². The minimum atomic E-state index is -5.92. The minimum absolute atomic E-state index is 0.510. The van der Waals surface area contributed by atoms with Crippen LogP contribution < -0.4 is 5.32 Å². The Morgan fingerprint density at radius 1 is 0.780 bits per heavy atom. The van der Waals surface area contributed by atoms with Gasteiger partial charge in [-0.15, -0.1) is 0 Å². The Hall–Kier alpha value is -1.78. The first kappa shape index (κ1) is 39.2. The SMILES string of the molecule is CC(COC(=O)NCC(O)CS(=O)(=O)O)(OCCC(F)(F)C(F)(F)C(C)(F)F)OCCC(F)(F)C(F)(F)C(C)(F)F. The minimum Gasteiger partial charge on any atom is -0.444 e. The van der Waals surface area contributed by atoms with Crippen molar-refractivity contribution in [1.82, 2.24) is 5.32 Å². The lowest BCUT2D eigenvalue weighted by molar-refractivity contribution is -0.319. The van der Waals surface area contributed by atoms with Crippen molar-refractivity contribution in [2.45, 2.75) is 81.0 Å². The zero-order valence-electron chi connectivity index (χ0n) is 21.3. The number of amides is 1. The molecule has 0 aromatic carbocycles. The largest absolute Gasteiger partial charge is 0.444 e. The topological polar surface area (TPSA) is 131 Å². The summed E-state index contributed by atoms with van der Waals surface area (Å²) in [6.45, 7) is -5.97. The molecule has 0 rings (SSSR count). The monoisotopic (exact) mass is 657 g/mol. The molecule has 1 unspecified atom stereocenters. The number of alkyl carbamates (subject to hydrolysis) is 1. The lowest BCUT2D eigenvalue weighted by Gasteiger charge is -2.34. The first-order valence-electron chi connectivity index (χ1n) is 11.0. The molecule has 1 amide bonds. The Balaban J connectivity index is 5.56. The summed E-state index contributed by atoms with van der Waals surface area (Å²) in [6, 6.07) is 0. The van der Waals surface area contributed by atoms with Gasteiger partial charge in [0, 0.05) is 33.2 Å². The van der Waals surface area contributed by atoms with E-state index in [1.165, 1.54) is 0 Å². The molecule has 246 valence electrons. The van der Waals surface area contributed by atoms with E-state index in [9.17, 15) is 71.0 Å². The first-order chi connectivity index (χ1) is 17.9. The number of aliphatic hydroxyl groups excluding tert-OH is 1.